The van der Waals surface area contributed by atoms with Crippen LogP contribution in [0.2, 0.25) is 0 Å². The van der Waals surface area contributed by atoms with Gasteiger partial charge in [-0.3, -0.25) is 9.78 Å². The Morgan fingerprint density at radius 3 is 2.87 bits per heavy atom. The first-order chi connectivity index (χ1) is 7.34. The van der Waals surface area contributed by atoms with Crippen LogP contribution in [-0.4, -0.2) is 26.3 Å². The number of anilines is 1. The van der Waals surface area contributed by atoms with E-state index >= 15 is 0 Å². The molecule has 0 atom stereocenters. The van der Waals surface area contributed by atoms with E-state index < -0.39 is 0 Å². The lowest BCUT2D eigenvalue weighted by Crippen LogP contribution is -2.14. The molecule has 1 amide bonds. The highest BCUT2D eigenvalue weighted by atomic mass is 16.1. The van der Waals surface area contributed by atoms with E-state index in [2.05, 4.69) is 25.7 Å². The topological polar surface area (TPSA) is 83.6 Å². The van der Waals surface area contributed by atoms with Crippen LogP contribution in [0.25, 0.3) is 0 Å². The third kappa shape index (κ3) is 2.60. The molecule has 0 fully saturated rings. The SMILES string of the molecule is O=C(Cc1ccncc1)Nc1cn[nH]n1. The zero-order valence-corrected chi connectivity index (χ0v) is 7.84. The summed E-state index contributed by atoms with van der Waals surface area (Å²) in [4.78, 5) is 15.3. The van der Waals surface area contributed by atoms with Crippen LogP contribution in [0.3, 0.4) is 0 Å². The summed E-state index contributed by atoms with van der Waals surface area (Å²) in [5.74, 6) is 0.296. The molecule has 0 saturated heterocycles. The van der Waals surface area contributed by atoms with Crippen molar-refractivity contribution in [2.75, 3.05) is 5.32 Å². The maximum absolute atomic E-state index is 11.5. The lowest BCUT2D eigenvalue weighted by atomic mass is 10.2. The van der Waals surface area contributed by atoms with Gasteiger partial charge in [-0.15, -0.1) is 5.10 Å². The Kier molecular flexibility index (Phi) is 2.68. The summed E-state index contributed by atoms with van der Waals surface area (Å²) in [7, 11) is 0. The Balaban J connectivity index is 1.94. The molecule has 0 bridgehead atoms. The number of nitrogens with one attached hydrogen (secondary N) is 2. The molecule has 2 heterocycles. The van der Waals surface area contributed by atoms with Crippen molar-refractivity contribution >= 4 is 11.7 Å². The van der Waals surface area contributed by atoms with Gasteiger partial charge in [0.2, 0.25) is 5.91 Å². The van der Waals surface area contributed by atoms with Crippen molar-refractivity contribution in [1.82, 2.24) is 20.4 Å². The number of carbonyl (C=O) groups excluding carboxylic acids is 1. The number of H-pyrrole nitrogens is 1. The van der Waals surface area contributed by atoms with E-state index in [1.807, 2.05) is 0 Å². The predicted octanol–water partition coefficient (Wildman–Crippen LogP) is 0.381. The summed E-state index contributed by atoms with van der Waals surface area (Å²) in [6.45, 7) is 0. The molecule has 2 rings (SSSR count). The van der Waals surface area contributed by atoms with Crippen LogP contribution in [0, 0.1) is 0 Å². The Bertz CT molecular complexity index is 425. The van der Waals surface area contributed by atoms with Gasteiger partial charge in [-0.2, -0.15) is 10.3 Å². The van der Waals surface area contributed by atoms with Gasteiger partial charge < -0.3 is 5.32 Å². The molecule has 0 aliphatic rings. The molecule has 0 unspecified atom stereocenters. The van der Waals surface area contributed by atoms with Gasteiger partial charge in [0.1, 0.15) is 0 Å². The number of pyridine rings is 1. The van der Waals surface area contributed by atoms with E-state index in [-0.39, 0.29) is 5.91 Å². The summed E-state index contributed by atoms with van der Waals surface area (Å²) in [6, 6.07) is 3.59. The zero-order chi connectivity index (χ0) is 10.5. The number of carbonyl (C=O) groups is 1. The average molecular weight is 203 g/mol. The van der Waals surface area contributed by atoms with Crippen molar-refractivity contribution in [2.24, 2.45) is 0 Å². The van der Waals surface area contributed by atoms with Crippen molar-refractivity contribution in [3.63, 3.8) is 0 Å². The molecule has 0 saturated carbocycles. The van der Waals surface area contributed by atoms with Crippen LogP contribution in [0.1, 0.15) is 5.56 Å². The molecular formula is C9H9N5O. The number of rotatable bonds is 3. The summed E-state index contributed by atoms with van der Waals surface area (Å²) in [5, 5.41) is 12.3. The van der Waals surface area contributed by atoms with Gasteiger partial charge in [0.25, 0.3) is 0 Å². The maximum atomic E-state index is 11.5. The fraction of sp³-hybridized carbons (Fsp3) is 0.111. The van der Waals surface area contributed by atoms with Gasteiger partial charge in [-0.25, -0.2) is 0 Å². The molecule has 0 spiro atoms. The molecule has 2 aromatic heterocycles. The second-order valence-corrected chi connectivity index (χ2v) is 2.94. The van der Waals surface area contributed by atoms with Gasteiger partial charge in [0.15, 0.2) is 5.82 Å². The molecule has 2 aromatic rings. The second kappa shape index (κ2) is 4.32. The summed E-state index contributed by atoms with van der Waals surface area (Å²) in [6.07, 6.45) is 5.05. The highest BCUT2D eigenvalue weighted by Gasteiger charge is 2.04. The molecule has 0 aliphatic heterocycles. The first-order valence-corrected chi connectivity index (χ1v) is 4.39. The van der Waals surface area contributed by atoms with Crippen LogP contribution in [0.4, 0.5) is 5.82 Å². The first kappa shape index (κ1) is 9.32. The molecule has 0 aliphatic carbocycles. The van der Waals surface area contributed by atoms with E-state index in [0.717, 1.165) is 5.56 Å². The minimum absolute atomic E-state index is 0.130. The summed E-state index contributed by atoms with van der Waals surface area (Å²) < 4.78 is 0. The average Bonchev–Trinajstić information content (AvgIpc) is 2.71. The lowest BCUT2D eigenvalue weighted by Gasteiger charge is -2.00. The molecule has 15 heavy (non-hydrogen) atoms. The summed E-state index contributed by atoms with van der Waals surface area (Å²) in [5.41, 5.74) is 0.908. The maximum Gasteiger partial charge on any atom is 0.230 e. The lowest BCUT2D eigenvalue weighted by molar-refractivity contribution is -0.115. The smallest absolute Gasteiger partial charge is 0.230 e. The monoisotopic (exact) mass is 203 g/mol. The van der Waals surface area contributed by atoms with Gasteiger partial charge in [0.05, 0.1) is 12.6 Å². The quantitative estimate of drug-likeness (QED) is 0.755. The number of nitrogens with zero attached hydrogens (tertiary/aromatic N) is 3. The fourth-order valence-electron chi connectivity index (χ4n) is 1.13. The Hall–Kier alpha value is -2.24. The van der Waals surface area contributed by atoms with Crippen LogP contribution in [0.5, 0.6) is 0 Å². The molecule has 0 aromatic carbocycles. The summed E-state index contributed by atoms with van der Waals surface area (Å²) >= 11 is 0. The number of aromatic amines is 1. The number of hydrogen-bond acceptors (Lipinski definition) is 4. The third-order valence-corrected chi connectivity index (χ3v) is 1.80. The van der Waals surface area contributed by atoms with Gasteiger partial charge in [-0.05, 0) is 17.7 Å². The number of hydrogen-bond donors (Lipinski definition) is 2. The number of amides is 1. The van der Waals surface area contributed by atoms with Crippen molar-refractivity contribution in [2.45, 2.75) is 6.42 Å². The molecular weight excluding hydrogens is 194 g/mol. The van der Waals surface area contributed by atoms with Crippen molar-refractivity contribution < 1.29 is 4.79 Å². The van der Waals surface area contributed by atoms with Crippen molar-refractivity contribution in [3.05, 3.63) is 36.3 Å². The predicted molar refractivity (Wildman–Crippen MR) is 53.0 cm³/mol. The highest BCUT2D eigenvalue weighted by Crippen LogP contribution is 2.01. The minimum Gasteiger partial charge on any atom is -0.308 e. The van der Waals surface area contributed by atoms with E-state index in [1.54, 1.807) is 24.5 Å². The highest BCUT2D eigenvalue weighted by molar-refractivity contribution is 5.91. The molecule has 76 valence electrons. The van der Waals surface area contributed by atoms with E-state index in [1.165, 1.54) is 6.20 Å². The van der Waals surface area contributed by atoms with Crippen molar-refractivity contribution in [1.29, 1.82) is 0 Å². The standard InChI is InChI=1S/C9H9N5O/c15-9(12-8-6-11-14-13-8)5-7-1-3-10-4-2-7/h1-4,6H,5H2,(H2,11,12,13,14,15). The Labute approximate surface area is 85.7 Å². The van der Waals surface area contributed by atoms with Gasteiger partial charge >= 0.3 is 0 Å². The van der Waals surface area contributed by atoms with Crippen LogP contribution < -0.4 is 5.32 Å². The van der Waals surface area contributed by atoms with Crippen LogP contribution >= 0.6 is 0 Å². The van der Waals surface area contributed by atoms with Crippen LogP contribution in [0.15, 0.2) is 30.7 Å². The number of aromatic nitrogens is 4. The Morgan fingerprint density at radius 2 is 2.20 bits per heavy atom. The van der Waals surface area contributed by atoms with Crippen LogP contribution in [-0.2, 0) is 11.2 Å². The zero-order valence-electron chi connectivity index (χ0n) is 7.84. The second-order valence-electron chi connectivity index (χ2n) is 2.94. The van der Waals surface area contributed by atoms with Gasteiger partial charge in [-0.1, -0.05) is 0 Å². The van der Waals surface area contributed by atoms with Crippen molar-refractivity contribution in [3.8, 4) is 0 Å². The molecule has 2 N–H and O–H groups in total. The normalized spacial score (nSPS) is 9.87. The largest absolute Gasteiger partial charge is 0.308 e. The fourth-order valence-corrected chi connectivity index (χ4v) is 1.13. The minimum atomic E-state index is -0.130. The molecule has 0 radical (unpaired) electrons. The molecule has 6 nitrogen and oxygen atoms in total. The molecule has 6 heteroatoms. The van der Waals surface area contributed by atoms with E-state index in [9.17, 15) is 4.79 Å². The third-order valence-electron chi connectivity index (χ3n) is 1.80. The van der Waals surface area contributed by atoms with E-state index in [4.69, 9.17) is 0 Å². The Morgan fingerprint density at radius 1 is 1.40 bits per heavy atom. The van der Waals surface area contributed by atoms with Gasteiger partial charge in [0, 0.05) is 12.4 Å². The van der Waals surface area contributed by atoms with E-state index in [0.29, 0.717) is 12.2 Å². The first-order valence-electron chi connectivity index (χ1n) is 4.39.